The van der Waals surface area contributed by atoms with E-state index in [9.17, 15) is 14.3 Å². The molecule has 1 N–H and O–H groups in total. The highest BCUT2D eigenvalue weighted by molar-refractivity contribution is 7.47. The predicted octanol–water partition coefficient (Wildman–Crippen LogP) is 13.7. The van der Waals surface area contributed by atoms with Crippen LogP contribution in [0.4, 0.5) is 0 Å². The minimum Gasteiger partial charge on any atom is -0.457 e. The summed E-state index contributed by atoms with van der Waals surface area (Å²) in [6.45, 7) is 5.07. The van der Waals surface area contributed by atoms with Gasteiger partial charge in [-0.25, -0.2) is 4.57 Å². The van der Waals surface area contributed by atoms with E-state index in [0.29, 0.717) is 24.1 Å². The second kappa shape index (κ2) is 43.0. The van der Waals surface area contributed by atoms with Crippen molar-refractivity contribution in [2.45, 2.75) is 123 Å². The molecule has 0 aliphatic rings. The number of carbonyl (C=O) groups is 1. The van der Waals surface area contributed by atoms with Crippen LogP contribution in [0, 0.1) is 0 Å². The first-order valence-corrected chi connectivity index (χ1v) is 24.1. The van der Waals surface area contributed by atoms with Gasteiger partial charge in [-0.2, -0.15) is 0 Å². The maximum atomic E-state index is 12.7. The Balaban J connectivity index is 4.50. The molecule has 0 fully saturated rings. The summed E-state index contributed by atoms with van der Waals surface area (Å²) >= 11 is 0. The summed E-state index contributed by atoms with van der Waals surface area (Å²) in [5.74, 6) is -0.423. The number of phosphoric ester groups is 1. The third-order valence-electron chi connectivity index (χ3n) is 8.41. The van der Waals surface area contributed by atoms with Crippen molar-refractivity contribution in [1.82, 2.24) is 0 Å². The summed E-state index contributed by atoms with van der Waals surface area (Å²) in [5, 5.41) is 0. The number of likely N-dealkylation sites (N-methyl/N-ethyl adjacent to an activating group) is 1. The Bertz CT molecular complexity index is 1470. The van der Waals surface area contributed by atoms with Crippen molar-refractivity contribution in [1.29, 1.82) is 0 Å². The summed E-state index contributed by atoms with van der Waals surface area (Å²) in [6, 6.07) is 0. The quantitative estimate of drug-likeness (QED) is 0.0216. The van der Waals surface area contributed by atoms with Crippen molar-refractivity contribution in [3.8, 4) is 0 Å². The van der Waals surface area contributed by atoms with E-state index < -0.39 is 19.9 Å². The molecular formula is C52H83NO7P+. The fraction of sp³-hybridized carbons (Fsp3) is 0.519. The van der Waals surface area contributed by atoms with Crippen molar-refractivity contribution in [3.63, 3.8) is 0 Å². The van der Waals surface area contributed by atoms with Crippen molar-refractivity contribution in [3.05, 3.63) is 146 Å². The lowest BCUT2D eigenvalue weighted by atomic mass is 10.2. The van der Waals surface area contributed by atoms with E-state index in [2.05, 4.69) is 148 Å². The van der Waals surface area contributed by atoms with Gasteiger partial charge >= 0.3 is 13.8 Å². The molecule has 61 heavy (non-hydrogen) atoms. The molecule has 0 aliphatic carbocycles. The molecule has 0 rings (SSSR count). The van der Waals surface area contributed by atoms with Gasteiger partial charge in [0, 0.05) is 13.0 Å². The summed E-state index contributed by atoms with van der Waals surface area (Å²) < 4.78 is 34.8. The molecule has 8 nitrogen and oxygen atoms in total. The lowest BCUT2D eigenvalue weighted by Gasteiger charge is -2.24. The lowest BCUT2D eigenvalue weighted by molar-refractivity contribution is -0.870. The van der Waals surface area contributed by atoms with Gasteiger partial charge < -0.3 is 18.9 Å². The second-order valence-electron chi connectivity index (χ2n) is 15.3. The highest BCUT2D eigenvalue weighted by atomic mass is 31.2. The van der Waals surface area contributed by atoms with Crippen LogP contribution in [0.25, 0.3) is 0 Å². The van der Waals surface area contributed by atoms with Crippen LogP contribution >= 0.6 is 7.82 Å². The van der Waals surface area contributed by atoms with Crippen molar-refractivity contribution in [2.75, 3.05) is 54.1 Å². The molecule has 0 aromatic rings. The minimum atomic E-state index is -4.33. The van der Waals surface area contributed by atoms with Gasteiger partial charge in [0.15, 0.2) is 0 Å². The Morgan fingerprint density at radius 1 is 0.508 bits per heavy atom. The molecule has 0 amide bonds. The summed E-state index contributed by atoms with van der Waals surface area (Å²) in [4.78, 5) is 22.9. The smallest absolute Gasteiger partial charge is 0.457 e. The number of esters is 1. The first-order valence-electron chi connectivity index (χ1n) is 22.6. The Kier molecular flexibility index (Phi) is 40.5. The number of allylic oxidation sites excluding steroid dienone is 24. The third kappa shape index (κ3) is 47.3. The van der Waals surface area contributed by atoms with Gasteiger partial charge in [-0.1, -0.05) is 160 Å². The maximum Gasteiger partial charge on any atom is 0.472 e. The number of unbranched alkanes of at least 4 members (excludes halogenated alkanes) is 1. The van der Waals surface area contributed by atoms with Crippen LogP contribution < -0.4 is 0 Å². The predicted molar refractivity (Wildman–Crippen MR) is 260 cm³/mol. The zero-order chi connectivity index (χ0) is 44.8. The van der Waals surface area contributed by atoms with Gasteiger partial charge in [-0.3, -0.25) is 13.8 Å². The van der Waals surface area contributed by atoms with Gasteiger partial charge in [0.05, 0.1) is 34.4 Å². The molecule has 0 aliphatic heterocycles. The average Bonchev–Trinajstić information content (AvgIpc) is 3.22. The number of phosphoric acid groups is 1. The molecule has 0 radical (unpaired) electrons. The van der Waals surface area contributed by atoms with Gasteiger partial charge in [0.1, 0.15) is 19.3 Å². The average molecular weight is 865 g/mol. The fourth-order valence-electron chi connectivity index (χ4n) is 5.00. The highest BCUT2D eigenvalue weighted by Gasteiger charge is 2.26. The Hall–Kier alpha value is -3.62. The first-order chi connectivity index (χ1) is 29.6. The van der Waals surface area contributed by atoms with Crippen molar-refractivity contribution < 1.29 is 37.3 Å². The fourth-order valence-corrected chi connectivity index (χ4v) is 5.75. The normalized spacial score (nSPS) is 15.0. The number of ether oxygens (including phenoxy) is 2. The van der Waals surface area contributed by atoms with Crippen LogP contribution in [0.3, 0.4) is 0 Å². The van der Waals surface area contributed by atoms with Gasteiger partial charge in [-0.15, -0.1) is 0 Å². The molecule has 0 aromatic carbocycles. The zero-order valence-corrected chi connectivity index (χ0v) is 39.5. The molecule has 0 spiro atoms. The molecule has 0 saturated carbocycles. The van der Waals surface area contributed by atoms with Crippen LogP contribution in [-0.2, 0) is 27.9 Å². The topological polar surface area (TPSA) is 91.3 Å². The number of hydrogen-bond donors (Lipinski definition) is 1. The molecule has 2 atom stereocenters. The van der Waals surface area contributed by atoms with E-state index in [1.165, 1.54) is 0 Å². The van der Waals surface area contributed by atoms with Crippen LogP contribution in [0.2, 0.25) is 0 Å². The summed E-state index contributed by atoms with van der Waals surface area (Å²) in [6.07, 6.45) is 64.9. The number of nitrogens with zero attached hydrogens (tertiary/aromatic N) is 1. The Morgan fingerprint density at radius 3 is 1.25 bits per heavy atom. The number of quaternary nitrogens is 1. The SMILES string of the molecule is CC/C=C\C/C=C\C/C=C\C/C=C\C/C=C\C/C=C\CCCOCC(COP(=O)(O)OCC[N+](C)(C)C)OC(=O)CC/C=C\C/C=C\C/C=C\C/C=C\C/C=C\C/C=C\CC. The van der Waals surface area contributed by atoms with Crippen LogP contribution in [-0.4, -0.2) is 75.6 Å². The molecule has 342 valence electrons. The van der Waals surface area contributed by atoms with Crippen LogP contribution in [0.1, 0.15) is 117 Å². The van der Waals surface area contributed by atoms with E-state index in [1.54, 1.807) is 0 Å². The zero-order valence-electron chi connectivity index (χ0n) is 38.6. The molecule has 9 heteroatoms. The van der Waals surface area contributed by atoms with E-state index in [-0.39, 0.29) is 26.2 Å². The Morgan fingerprint density at radius 2 is 0.869 bits per heavy atom. The van der Waals surface area contributed by atoms with Crippen molar-refractivity contribution in [2.24, 2.45) is 0 Å². The Labute approximate surface area is 372 Å². The maximum absolute atomic E-state index is 12.7. The molecular weight excluding hydrogens is 782 g/mol. The molecule has 2 unspecified atom stereocenters. The second-order valence-corrected chi connectivity index (χ2v) is 16.8. The van der Waals surface area contributed by atoms with Gasteiger partial charge in [-0.05, 0) is 96.3 Å². The largest absolute Gasteiger partial charge is 0.472 e. The van der Waals surface area contributed by atoms with E-state index in [4.69, 9.17) is 18.5 Å². The van der Waals surface area contributed by atoms with E-state index >= 15 is 0 Å². The van der Waals surface area contributed by atoms with Crippen LogP contribution in [0.15, 0.2) is 146 Å². The molecule has 0 bridgehead atoms. The van der Waals surface area contributed by atoms with Gasteiger partial charge in [0.2, 0.25) is 0 Å². The first kappa shape index (κ1) is 57.4. The number of carbonyl (C=O) groups excluding carboxylic acids is 1. The standard InChI is InChI=1S/C52H82NO7P/c1-6-8-10-12-14-16-18-20-22-24-26-28-30-32-34-36-38-40-42-44-47-57-49-51(50-59-61(55,56)58-48-46-53(3,4)5)60-52(54)45-43-41-39-37-35-33-31-29-27-25-23-21-19-17-15-13-11-9-7-2/h8-11,14-17,20-23,26-29,32-35,38-41,51H,6-7,12-13,18-19,24-25,30-31,36-37,42-50H2,1-5H3/p+1/b10-8-,11-9-,16-14-,17-15-,22-20-,23-21-,28-26-,29-27-,34-32-,35-33-,40-38-,41-39-. The monoisotopic (exact) mass is 865 g/mol. The molecule has 0 heterocycles. The number of rotatable bonds is 39. The van der Waals surface area contributed by atoms with E-state index in [0.717, 1.165) is 89.9 Å². The van der Waals surface area contributed by atoms with Gasteiger partial charge in [0.25, 0.3) is 0 Å². The van der Waals surface area contributed by atoms with Crippen molar-refractivity contribution >= 4 is 13.8 Å². The highest BCUT2D eigenvalue weighted by Crippen LogP contribution is 2.43. The van der Waals surface area contributed by atoms with Crippen LogP contribution in [0.5, 0.6) is 0 Å². The summed E-state index contributed by atoms with van der Waals surface area (Å²) in [5.41, 5.74) is 0. The molecule has 0 saturated heterocycles. The van der Waals surface area contributed by atoms with E-state index in [1.807, 2.05) is 33.3 Å². The third-order valence-corrected chi connectivity index (χ3v) is 9.39. The lowest BCUT2D eigenvalue weighted by Crippen LogP contribution is -2.37. The summed E-state index contributed by atoms with van der Waals surface area (Å²) in [7, 11) is 1.55. The molecule has 0 aromatic heterocycles. The minimum absolute atomic E-state index is 0.0499. The number of hydrogen-bond acceptors (Lipinski definition) is 6.